The van der Waals surface area contributed by atoms with E-state index in [1.54, 1.807) is 22.9 Å². The minimum Gasteiger partial charge on any atom is -0.328 e. The van der Waals surface area contributed by atoms with Crippen molar-refractivity contribution in [2.45, 2.75) is 31.7 Å². The second-order valence-electron chi connectivity index (χ2n) is 7.09. The molecule has 0 saturated heterocycles. The number of fused-ring (bicyclic) bond motifs is 1. The second-order valence-corrected chi connectivity index (χ2v) is 8.07. The molecule has 5 nitrogen and oxygen atoms in total. The molecule has 28 heavy (non-hydrogen) atoms. The van der Waals surface area contributed by atoms with Crippen LogP contribution in [-0.4, -0.2) is 20.5 Å². The molecule has 0 radical (unpaired) electrons. The zero-order valence-corrected chi connectivity index (χ0v) is 15.8. The highest BCUT2D eigenvalue weighted by atomic mass is 32.1. The summed E-state index contributed by atoms with van der Waals surface area (Å²) in [6.07, 6.45) is 1.00. The van der Waals surface area contributed by atoms with E-state index in [0.29, 0.717) is 35.8 Å². The fourth-order valence-corrected chi connectivity index (χ4v) is 4.92. The summed E-state index contributed by atoms with van der Waals surface area (Å²) >= 11 is 1.63. The summed E-state index contributed by atoms with van der Waals surface area (Å²) in [7, 11) is 0. The summed E-state index contributed by atoms with van der Waals surface area (Å²) in [5.41, 5.74) is 1.61. The quantitative estimate of drug-likeness (QED) is 0.698. The van der Waals surface area contributed by atoms with E-state index < -0.39 is 17.7 Å². The van der Waals surface area contributed by atoms with Crippen molar-refractivity contribution < 1.29 is 13.6 Å². The first-order chi connectivity index (χ1) is 13.5. The maximum atomic E-state index is 13.9. The van der Waals surface area contributed by atoms with Crippen LogP contribution in [0.4, 0.5) is 14.7 Å². The van der Waals surface area contributed by atoms with Gasteiger partial charge in [-0.2, -0.15) is 10.1 Å². The van der Waals surface area contributed by atoms with Gasteiger partial charge in [0.1, 0.15) is 23.5 Å². The van der Waals surface area contributed by atoms with E-state index >= 15 is 0 Å². The van der Waals surface area contributed by atoms with Crippen molar-refractivity contribution in [2.75, 3.05) is 5.32 Å². The molecule has 0 spiro atoms. The van der Waals surface area contributed by atoms with Crippen molar-refractivity contribution in [3.05, 3.63) is 74.9 Å². The highest BCUT2D eigenvalue weighted by Crippen LogP contribution is 2.44. The van der Waals surface area contributed by atoms with Gasteiger partial charge < -0.3 is 5.32 Å². The number of anilines is 1. The van der Waals surface area contributed by atoms with Crippen LogP contribution in [0.25, 0.3) is 0 Å². The molecule has 0 amide bonds. The van der Waals surface area contributed by atoms with Gasteiger partial charge in [0, 0.05) is 34.6 Å². The molecule has 1 N–H and O–H groups in total. The minimum absolute atomic E-state index is 0.0411. The van der Waals surface area contributed by atoms with Crippen molar-refractivity contribution in [3.8, 4) is 0 Å². The van der Waals surface area contributed by atoms with E-state index in [1.807, 2.05) is 17.5 Å². The summed E-state index contributed by atoms with van der Waals surface area (Å²) in [5.74, 6) is -0.334. The van der Waals surface area contributed by atoms with Gasteiger partial charge in [-0.25, -0.2) is 13.5 Å². The Morgan fingerprint density at radius 2 is 2.00 bits per heavy atom. The number of carbonyl (C=O) groups is 1. The molecule has 3 aromatic rings. The van der Waals surface area contributed by atoms with Crippen molar-refractivity contribution in [2.24, 2.45) is 0 Å². The monoisotopic (exact) mass is 398 g/mol. The number of thiophene rings is 1. The third kappa shape index (κ3) is 2.75. The fourth-order valence-electron chi connectivity index (χ4n) is 4.08. The van der Waals surface area contributed by atoms with Crippen LogP contribution in [-0.2, 0) is 4.79 Å². The van der Waals surface area contributed by atoms with E-state index in [0.717, 1.165) is 16.6 Å². The number of ketones is 1. The molecule has 0 fully saturated rings. The van der Waals surface area contributed by atoms with Gasteiger partial charge in [0.2, 0.25) is 5.95 Å². The minimum atomic E-state index is -0.700. The Bertz CT molecular complexity index is 1100. The average molecular weight is 398 g/mol. The predicted octanol–water partition coefficient (Wildman–Crippen LogP) is 4.34. The van der Waals surface area contributed by atoms with Gasteiger partial charge in [0.25, 0.3) is 0 Å². The number of aryl methyl sites for hydroxylation is 1. The van der Waals surface area contributed by atoms with E-state index in [2.05, 4.69) is 15.4 Å². The van der Waals surface area contributed by atoms with Gasteiger partial charge in [-0.05, 0) is 42.5 Å². The van der Waals surface area contributed by atoms with Gasteiger partial charge in [0.15, 0.2) is 5.78 Å². The molecule has 2 aromatic heterocycles. The van der Waals surface area contributed by atoms with Crippen LogP contribution in [0.1, 0.15) is 41.1 Å². The van der Waals surface area contributed by atoms with Crippen LogP contribution in [0.5, 0.6) is 0 Å². The highest BCUT2D eigenvalue weighted by Gasteiger charge is 2.40. The topological polar surface area (TPSA) is 59.8 Å². The first-order valence-electron chi connectivity index (χ1n) is 8.95. The number of aromatic nitrogens is 3. The Morgan fingerprint density at radius 1 is 1.21 bits per heavy atom. The lowest BCUT2D eigenvalue weighted by Crippen LogP contribution is -2.33. The molecular weight excluding hydrogens is 382 g/mol. The fraction of sp³-hybridized carbons (Fsp3) is 0.250. The number of benzene rings is 1. The third-order valence-electron chi connectivity index (χ3n) is 5.17. The zero-order chi connectivity index (χ0) is 19.4. The maximum absolute atomic E-state index is 13.9. The molecule has 142 valence electrons. The van der Waals surface area contributed by atoms with Crippen LogP contribution in [0.15, 0.2) is 47.0 Å². The number of halogens is 2. The lowest BCUT2D eigenvalue weighted by Gasteiger charge is -2.34. The molecular formula is C20H16F2N4OS. The van der Waals surface area contributed by atoms with Crippen molar-refractivity contribution in [3.63, 3.8) is 0 Å². The van der Waals surface area contributed by atoms with Crippen LogP contribution in [0, 0.1) is 18.6 Å². The number of nitrogens with zero attached hydrogens (tertiary/aromatic N) is 3. The standard InChI is InChI=1S/C20H16F2N4OS/c1-10-23-20-24-15-7-11(17-3-2-4-28-17)8-16(27)18(15)19(26(20)25-10)12-5-13(21)9-14(22)6-12/h2-6,9,11,19H,7-8H2,1H3,(H,23,24,25)/t11-,19-/m0/s1. The van der Waals surface area contributed by atoms with Crippen molar-refractivity contribution in [1.82, 2.24) is 14.8 Å². The molecule has 0 bridgehead atoms. The lowest BCUT2D eigenvalue weighted by molar-refractivity contribution is -0.116. The van der Waals surface area contributed by atoms with E-state index in [9.17, 15) is 13.6 Å². The van der Waals surface area contributed by atoms with E-state index in [-0.39, 0.29) is 11.7 Å². The van der Waals surface area contributed by atoms with Crippen LogP contribution in [0.2, 0.25) is 0 Å². The summed E-state index contributed by atoms with van der Waals surface area (Å²) in [6.45, 7) is 1.74. The third-order valence-corrected chi connectivity index (χ3v) is 6.21. The Kier molecular flexibility index (Phi) is 3.90. The Morgan fingerprint density at radius 3 is 2.71 bits per heavy atom. The number of hydrogen-bond donors (Lipinski definition) is 1. The summed E-state index contributed by atoms with van der Waals surface area (Å²) in [6, 6.07) is 6.63. The smallest absolute Gasteiger partial charge is 0.226 e. The lowest BCUT2D eigenvalue weighted by atomic mass is 9.80. The Balaban J connectivity index is 1.66. The molecule has 1 aliphatic carbocycles. The number of allylic oxidation sites excluding steroid dienone is 2. The zero-order valence-electron chi connectivity index (χ0n) is 14.9. The molecule has 2 atom stereocenters. The normalized spacial score (nSPS) is 21.3. The van der Waals surface area contributed by atoms with Gasteiger partial charge in [-0.1, -0.05) is 6.07 Å². The molecule has 8 heteroatoms. The van der Waals surface area contributed by atoms with Gasteiger partial charge in [0.05, 0.1) is 0 Å². The van der Waals surface area contributed by atoms with Crippen molar-refractivity contribution in [1.29, 1.82) is 0 Å². The van der Waals surface area contributed by atoms with E-state index in [4.69, 9.17) is 0 Å². The molecule has 1 aromatic carbocycles. The average Bonchev–Trinajstić information content (AvgIpc) is 3.27. The Labute approximate surface area is 163 Å². The Hall–Kier alpha value is -2.87. The highest BCUT2D eigenvalue weighted by molar-refractivity contribution is 7.10. The van der Waals surface area contributed by atoms with Gasteiger partial charge in [-0.3, -0.25) is 4.79 Å². The largest absolute Gasteiger partial charge is 0.328 e. The molecule has 1 aliphatic heterocycles. The van der Waals surface area contributed by atoms with E-state index in [1.165, 1.54) is 12.1 Å². The van der Waals surface area contributed by atoms with Gasteiger partial charge >= 0.3 is 0 Å². The molecule has 0 unspecified atom stereocenters. The van der Waals surface area contributed by atoms with Crippen LogP contribution >= 0.6 is 11.3 Å². The summed E-state index contributed by atoms with van der Waals surface area (Å²) in [4.78, 5) is 18.7. The van der Waals surface area contributed by atoms with Gasteiger partial charge in [-0.15, -0.1) is 11.3 Å². The molecule has 2 aliphatic rings. The van der Waals surface area contributed by atoms with Crippen LogP contribution < -0.4 is 5.32 Å². The number of carbonyl (C=O) groups excluding carboxylic acids is 1. The SMILES string of the molecule is Cc1nc2n(n1)[C@@H](c1cc(F)cc(F)c1)C1=C(C[C@H](c3cccs3)CC1=O)N2. The molecule has 5 rings (SSSR count). The molecule has 3 heterocycles. The first-order valence-corrected chi connectivity index (χ1v) is 9.83. The molecule has 0 saturated carbocycles. The second kappa shape index (κ2) is 6.34. The number of rotatable bonds is 2. The first kappa shape index (κ1) is 17.2. The summed E-state index contributed by atoms with van der Waals surface area (Å²) < 4.78 is 29.4. The summed E-state index contributed by atoms with van der Waals surface area (Å²) in [5, 5.41) is 9.61. The number of nitrogens with one attached hydrogen (secondary N) is 1. The maximum Gasteiger partial charge on any atom is 0.226 e. The van der Waals surface area contributed by atoms with Crippen LogP contribution in [0.3, 0.4) is 0 Å². The number of Topliss-reactive ketones (excluding diaryl/α,β-unsaturated/α-hetero) is 1. The number of hydrogen-bond acceptors (Lipinski definition) is 5. The van der Waals surface area contributed by atoms with Crippen molar-refractivity contribution >= 4 is 23.1 Å². The predicted molar refractivity (Wildman–Crippen MR) is 101 cm³/mol.